The fourth-order valence-electron chi connectivity index (χ4n) is 0.909. The van der Waals surface area contributed by atoms with E-state index in [1.54, 1.807) is 0 Å². The maximum absolute atomic E-state index is 8.24. The van der Waals surface area contributed by atoms with Gasteiger partial charge in [-0.05, 0) is 19.3 Å². The standard InChI is InChI=1S/C9H20N2O2/c1-2-3-7-13-8-5-4-6-9(10)11-12/h12H,2-8H2,1H3,(H2,10,11). The number of nitrogens with two attached hydrogens (primary N) is 1. The van der Waals surface area contributed by atoms with Crippen molar-refractivity contribution in [2.24, 2.45) is 10.9 Å². The molecule has 0 aliphatic carbocycles. The van der Waals surface area contributed by atoms with E-state index in [2.05, 4.69) is 12.1 Å². The van der Waals surface area contributed by atoms with Crippen LogP contribution in [0.1, 0.15) is 39.0 Å². The van der Waals surface area contributed by atoms with Gasteiger partial charge in [-0.2, -0.15) is 0 Å². The molecule has 78 valence electrons. The minimum atomic E-state index is 0.300. The molecule has 0 aliphatic rings. The van der Waals surface area contributed by atoms with E-state index < -0.39 is 0 Å². The highest BCUT2D eigenvalue weighted by atomic mass is 16.5. The molecule has 0 aromatic heterocycles. The molecule has 0 radical (unpaired) electrons. The monoisotopic (exact) mass is 188 g/mol. The van der Waals surface area contributed by atoms with E-state index in [0.717, 1.165) is 32.5 Å². The van der Waals surface area contributed by atoms with Crippen LogP contribution >= 0.6 is 0 Å². The van der Waals surface area contributed by atoms with E-state index in [1.807, 2.05) is 0 Å². The Morgan fingerprint density at radius 2 is 2.00 bits per heavy atom. The summed E-state index contributed by atoms with van der Waals surface area (Å²) in [5.41, 5.74) is 5.29. The third-order valence-corrected chi connectivity index (χ3v) is 1.74. The van der Waals surface area contributed by atoms with Crippen LogP contribution in [0, 0.1) is 0 Å². The molecular weight excluding hydrogens is 168 g/mol. The van der Waals surface area contributed by atoms with Gasteiger partial charge in [-0.25, -0.2) is 0 Å². The highest BCUT2D eigenvalue weighted by Crippen LogP contribution is 1.97. The molecule has 0 saturated carbocycles. The molecule has 0 rings (SSSR count). The first kappa shape index (κ1) is 12.2. The van der Waals surface area contributed by atoms with Gasteiger partial charge in [-0.1, -0.05) is 18.5 Å². The largest absolute Gasteiger partial charge is 0.409 e. The summed E-state index contributed by atoms with van der Waals surface area (Å²) in [6, 6.07) is 0. The third kappa shape index (κ3) is 9.14. The lowest BCUT2D eigenvalue weighted by atomic mass is 10.2. The molecule has 0 aliphatic heterocycles. The van der Waals surface area contributed by atoms with Crippen molar-refractivity contribution >= 4 is 5.84 Å². The van der Waals surface area contributed by atoms with Crippen molar-refractivity contribution < 1.29 is 9.94 Å². The first-order valence-electron chi connectivity index (χ1n) is 4.85. The average Bonchev–Trinajstić information content (AvgIpc) is 2.16. The molecule has 4 nitrogen and oxygen atoms in total. The molecule has 0 heterocycles. The molecule has 0 unspecified atom stereocenters. The van der Waals surface area contributed by atoms with E-state index in [9.17, 15) is 0 Å². The van der Waals surface area contributed by atoms with Crippen LogP contribution in [0.4, 0.5) is 0 Å². The number of nitrogens with zero attached hydrogens (tertiary/aromatic N) is 1. The van der Waals surface area contributed by atoms with Crippen LogP contribution in [0.3, 0.4) is 0 Å². The zero-order valence-electron chi connectivity index (χ0n) is 8.33. The summed E-state index contributed by atoms with van der Waals surface area (Å²) >= 11 is 0. The van der Waals surface area contributed by atoms with Crippen LogP contribution in [-0.4, -0.2) is 24.3 Å². The quantitative estimate of drug-likeness (QED) is 0.200. The maximum Gasteiger partial charge on any atom is 0.139 e. The predicted molar refractivity (Wildman–Crippen MR) is 53.0 cm³/mol. The normalized spacial score (nSPS) is 11.9. The maximum atomic E-state index is 8.24. The Balaban J connectivity index is 3.00. The van der Waals surface area contributed by atoms with Gasteiger partial charge in [0, 0.05) is 19.6 Å². The molecular formula is C9H20N2O2. The van der Waals surface area contributed by atoms with Crippen molar-refractivity contribution in [3.63, 3.8) is 0 Å². The Hall–Kier alpha value is -0.770. The first-order chi connectivity index (χ1) is 6.31. The van der Waals surface area contributed by atoms with Crippen LogP contribution in [0.5, 0.6) is 0 Å². The van der Waals surface area contributed by atoms with E-state index in [0.29, 0.717) is 12.3 Å². The van der Waals surface area contributed by atoms with Crippen molar-refractivity contribution in [3.05, 3.63) is 0 Å². The molecule has 0 bridgehead atoms. The summed E-state index contributed by atoms with van der Waals surface area (Å²) in [5, 5.41) is 11.1. The van der Waals surface area contributed by atoms with E-state index in [1.165, 1.54) is 6.42 Å². The van der Waals surface area contributed by atoms with E-state index >= 15 is 0 Å². The summed E-state index contributed by atoms with van der Waals surface area (Å²) in [5.74, 6) is 0.300. The highest BCUT2D eigenvalue weighted by molar-refractivity contribution is 5.79. The van der Waals surface area contributed by atoms with Crippen molar-refractivity contribution in [1.29, 1.82) is 0 Å². The molecule has 13 heavy (non-hydrogen) atoms. The van der Waals surface area contributed by atoms with Gasteiger partial charge >= 0.3 is 0 Å². The van der Waals surface area contributed by atoms with Gasteiger partial charge < -0.3 is 15.7 Å². The zero-order chi connectivity index (χ0) is 9.94. The topological polar surface area (TPSA) is 67.8 Å². The third-order valence-electron chi connectivity index (χ3n) is 1.74. The minimum absolute atomic E-state index is 0.300. The molecule has 0 fully saturated rings. The number of hydrogen-bond donors (Lipinski definition) is 2. The van der Waals surface area contributed by atoms with Gasteiger partial charge in [-0.15, -0.1) is 0 Å². The molecule has 0 atom stereocenters. The average molecular weight is 188 g/mol. The second-order valence-corrected chi connectivity index (χ2v) is 3.01. The number of hydrogen-bond acceptors (Lipinski definition) is 3. The van der Waals surface area contributed by atoms with Crippen LogP contribution in [0.2, 0.25) is 0 Å². The van der Waals surface area contributed by atoms with Gasteiger partial charge in [0.25, 0.3) is 0 Å². The number of oxime groups is 1. The number of rotatable bonds is 8. The van der Waals surface area contributed by atoms with Crippen molar-refractivity contribution in [2.45, 2.75) is 39.0 Å². The van der Waals surface area contributed by atoms with Crippen molar-refractivity contribution in [3.8, 4) is 0 Å². The first-order valence-corrected chi connectivity index (χ1v) is 4.85. The lowest BCUT2D eigenvalue weighted by Gasteiger charge is -2.02. The molecule has 0 aromatic rings. The molecule has 3 N–H and O–H groups in total. The van der Waals surface area contributed by atoms with Gasteiger partial charge in [0.15, 0.2) is 0 Å². The Bertz CT molecular complexity index is 138. The lowest BCUT2D eigenvalue weighted by molar-refractivity contribution is 0.128. The fraction of sp³-hybridized carbons (Fsp3) is 0.889. The van der Waals surface area contributed by atoms with Crippen LogP contribution in [-0.2, 0) is 4.74 Å². The van der Waals surface area contributed by atoms with E-state index in [-0.39, 0.29) is 0 Å². The zero-order valence-corrected chi connectivity index (χ0v) is 8.33. The molecule has 0 amide bonds. The van der Waals surface area contributed by atoms with Gasteiger partial charge in [0.05, 0.1) is 0 Å². The molecule has 0 saturated heterocycles. The van der Waals surface area contributed by atoms with Crippen LogP contribution in [0.15, 0.2) is 5.16 Å². The Labute approximate surface area is 79.8 Å². The number of unbranched alkanes of at least 4 members (excludes halogenated alkanes) is 2. The fourth-order valence-corrected chi connectivity index (χ4v) is 0.909. The summed E-state index contributed by atoms with van der Waals surface area (Å²) < 4.78 is 5.35. The summed E-state index contributed by atoms with van der Waals surface area (Å²) in [6.45, 7) is 3.76. The lowest BCUT2D eigenvalue weighted by Crippen LogP contribution is -2.11. The SMILES string of the molecule is CCCCOCCCC/C(N)=N/O. The Morgan fingerprint density at radius 1 is 1.31 bits per heavy atom. The molecule has 0 spiro atoms. The Morgan fingerprint density at radius 3 is 2.62 bits per heavy atom. The summed E-state index contributed by atoms with van der Waals surface area (Å²) in [4.78, 5) is 0. The number of ether oxygens (including phenoxy) is 1. The molecule has 0 aromatic carbocycles. The summed E-state index contributed by atoms with van der Waals surface area (Å²) in [6.07, 6.45) is 4.83. The minimum Gasteiger partial charge on any atom is -0.409 e. The number of amidine groups is 1. The molecule has 4 heteroatoms. The Kier molecular flexibility index (Phi) is 8.77. The second-order valence-electron chi connectivity index (χ2n) is 3.01. The highest BCUT2D eigenvalue weighted by Gasteiger charge is 1.93. The smallest absolute Gasteiger partial charge is 0.139 e. The van der Waals surface area contributed by atoms with Crippen molar-refractivity contribution in [1.82, 2.24) is 0 Å². The summed E-state index contributed by atoms with van der Waals surface area (Å²) in [7, 11) is 0. The van der Waals surface area contributed by atoms with Crippen LogP contribution in [0.25, 0.3) is 0 Å². The van der Waals surface area contributed by atoms with Gasteiger partial charge in [0.2, 0.25) is 0 Å². The van der Waals surface area contributed by atoms with Crippen LogP contribution < -0.4 is 5.73 Å². The van der Waals surface area contributed by atoms with E-state index in [4.69, 9.17) is 15.7 Å². The van der Waals surface area contributed by atoms with Gasteiger partial charge in [-0.3, -0.25) is 0 Å². The second kappa shape index (κ2) is 9.32. The van der Waals surface area contributed by atoms with Crippen molar-refractivity contribution in [2.75, 3.05) is 13.2 Å². The predicted octanol–water partition coefficient (Wildman–Crippen LogP) is 1.72. The van der Waals surface area contributed by atoms with Gasteiger partial charge in [0.1, 0.15) is 5.84 Å².